The highest BCUT2D eigenvalue weighted by Gasteiger charge is 2.77. The van der Waals surface area contributed by atoms with Gasteiger partial charge in [-0.2, -0.15) is 0 Å². The number of piperidine rings is 1. The van der Waals surface area contributed by atoms with Crippen molar-refractivity contribution in [1.82, 2.24) is 4.90 Å². The number of hydrogen-bond acceptors (Lipinski definition) is 5. The van der Waals surface area contributed by atoms with Crippen LogP contribution in [0.5, 0.6) is 11.5 Å². The van der Waals surface area contributed by atoms with Crippen LogP contribution in [-0.2, 0) is 16.6 Å². The van der Waals surface area contributed by atoms with Crippen LogP contribution in [-0.4, -0.2) is 58.7 Å². The second-order valence-electron chi connectivity index (χ2n) is 13.8. The SMILES string of the molecule is CO[C@@]1(C)C([C@](C)(O)C(C)(C)C)C[C@@]2(C)[C@@H]3Cc4ccc(O)c5c4[C@]2(CCN3CC2CC2)[C@@H]1O5. The van der Waals surface area contributed by atoms with Crippen molar-refractivity contribution < 1.29 is 19.7 Å². The number of rotatable bonds is 4. The fourth-order valence-electron chi connectivity index (χ4n) is 8.72. The first kappa shape index (κ1) is 23.1. The van der Waals surface area contributed by atoms with E-state index in [1.54, 1.807) is 7.11 Å². The summed E-state index contributed by atoms with van der Waals surface area (Å²) in [6.45, 7) is 15.3. The van der Waals surface area contributed by atoms with Crippen LogP contribution in [0.15, 0.2) is 12.1 Å². The Kier molecular flexibility index (Phi) is 4.57. The molecule has 0 radical (unpaired) electrons. The third kappa shape index (κ3) is 2.57. The maximum Gasteiger partial charge on any atom is 0.165 e. The van der Waals surface area contributed by atoms with E-state index >= 15 is 0 Å². The maximum absolute atomic E-state index is 12.2. The average Bonchev–Trinajstić information content (AvgIpc) is 3.49. The van der Waals surface area contributed by atoms with Gasteiger partial charge in [0.25, 0.3) is 0 Å². The van der Waals surface area contributed by atoms with Gasteiger partial charge in [-0.3, -0.25) is 4.90 Å². The molecule has 1 aromatic carbocycles. The Morgan fingerprint density at radius 1 is 1.18 bits per heavy atom. The number of phenolic OH excluding ortho intramolecular Hbond substituents is 1. The van der Waals surface area contributed by atoms with Gasteiger partial charge in [0.05, 0.1) is 5.60 Å². The van der Waals surface area contributed by atoms with Gasteiger partial charge in [-0.25, -0.2) is 0 Å². The van der Waals surface area contributed by atoms with Crippen LogP contribution in [0.4, 0.5) is 0 Å². The fourth-order valence-corrected chi connectivity index (χ4v) is 8.72. The van der Waals surface area contributed by atoms with E-state index in [0.29, 0.717) is 11.8 Å². The minimum Gasteiger partial charge on any atom is -0.504 e. The first-order valence-corrected chi connectivity index (χ1v) is 13.3. The molecule has 2 bridgehead atoms. The Labute approximate surface area is 204 Å². The number of benzene rings is 1. The van der Waals surface area contributed by atoms with Gasteiger partial charge >= 0.3 is 0 Å². The molecule has 1 aromatic rings. The van der Waals surface area contributed by atoms with E-state index < -0.39 is 11.2 Å². The standard InChI is InChI=1S/C29H43NO4/c1-25(2,3)28(6,32)20-15-26(4)21-14-18-10-11-19(31)23-22(18)29(26,24(34-23)27(20,5)33-7)12-13-30(21)16-17-8-9-17/h10-11,17,20-21,24,31-32H,8-9,12-16H2,1-7H3/t20?,21-,24+,26-,27-,28-,29+/m0/s1. The molecule has 0 amide bonds. The molecular formula is C29H43NO4. The number of ether oxygens (including phenoxy) is 2. The molecular weight excluding hydrogens is 426 g/mol. The smallest absolute Gasteiger partial charge is 0.165 e. The molecule has 3 fully saturated rings. The topological polar surface area (TPSA) is 62.2 Å². The van der Waals surface area contributed by atoms with Crippen molar-refractivity contribution in [3.05, 3.63) is 23.3 Å². The van der Waals surface area contributed by atoms with E-state index in [1.807, 2.05) is 13.0 Å². The lowest BCUT2D eigenvalue weighted by Gasteiger charge is -2.70. The molecule has 5 nitrogen and oxygen atoms in total. The van der Waals surface area contributed by atoms with Crippen molar-refractivity contribution in [2.24, 2.45) is 22.7 Å². The van der Waals surface area contributed by atoms with Crippen LogP contribution in [0.3, 0.4) is 0 Å². The number of aromatic hydroxyl groups is 1. The average molecular weight is 470 g/mol. The zero-order valence-corrected chi connectivity index (χ0v) is 22.1. The minimum absolute atomic E-state index is 0.0885. The normalized spacial score (nSPS) is 42.6. The third-order valence-corrected chi connectivity index (χ3v) is 11.4. The maximum atomic E-state index is 12.2. The molecule has 2 aliphatic heterocycles. The van der Waals surface area contributed by atoms with E-state index in [2.05, 4.69) is 45.6 Å². The van der Waals surface area contributed by atoms with Crippen LogP contribution in [0.2, 0.25) is 0 Å². The van der Waals surface area contributed by atoms with Crippen LogP contribution in [0.25, 0.3) is 0 Å². The summed E-state index contributed by atoms with van der Waals surface area (Å²) in [6, 6.07) is 4.35. The largest absolute Gasteiger partial charge is 0.504 e. The summed E-state index contributed by atoms with van der Waals surface area (Å²) >= 11 is 0. The van der Waals surface area contributed by atoms with E-state index in [1.165, 1.54) is 30.5 Å². The Balaban J connectivity index is 1.59. The van der Waals surface area contributed by atoms with Gasteiger partial charge in [0.15, 0.2) is 11.5 Å². The molecule has 3 aliphatic carbocycles. The van der Waals surface area contributed by atoms with Gasteiger partial charge in [0.2, 0.25) is 0 Å². The molecule has 188 valence electrons. The molecule has 1 spiro atoms. The quantitative estimate of drug-likeness (QED) is 0.672. The summed E-state index contributed by atoms with van der Waals surface area (Å²) in [5, 5.41) is 23.1. The molecule has 7 atom stereocenters. The zero-order valence-electron chi connectivity index (χ0n) is 22.1. The highest BCUT2D eigenvalue weighted by molar-refractivity contribution is 5.62. The molecule has 0 aromatic heterocycles. The number of nitrogens with zero attached hydrogens (tertiary/aromatic N) is 1. The lowest BCUT2D eigenvalue weighted by molar-refractivity contribution is -0.270. The van der Waals surface area contributed by atoms with Crippen LogP contribution in [0, 0.1) is 22.7 Å². The summed E-state index contributed by atoms with van der Waals surface area (Å²) in [6.07, 6.45) is 5.32. The first-order chi connectivity index (χ1) is 15.8. The Morgan fingerprint density at radius 2 is 1.88 bits per heavy atom. The molecule has 34 heavy (non-hydrogen) atoms. The molecule has 1 unspecified atom stereocenters. The number of aliphatic hydroxyl groups is 1. The van der Waals surface area contributed by atoms with Gasteiger partial charge in [0.1, 0.15) is 11.7 Å². The number of methoxy groups -OCH3 is 1. The lowest BCUT2D eigenvalue weighted by atomic mass is 9.38. The Hall–Kier alpha value is -1.30. The summed E-state index contributed by atoms with van der Waals surface area (Å²) in [5.74, 6) is 1.63. The number of phenols is 1. The predicted octanol–water partition coefficient (Wildman–Crippen LogP) is 4.66. The van der Waals surface area contributed by atoms with E-state index in [4.69, 9.17) is 9.47 Å². The minimum atomic E-state index is -0.960. The van der Waals surface area contributed by atoms with Crippen molar-refractivity contribution >= 4 is 0 Å². The first-order valence-electron chi connectivity index (χ1n) is 13.3. The highest BCUT2D eigenvalue weighted by Crippen LogP contribution is 2.73. The Morgan fingerprint density at radius 3 is 2.50 bits per heavy atom. The molecule has 6 rings (SSSR count). The fraction of sp³-hybridized carbons (Fsp3) is 0.793. The van der Waals surface area contributed by atoms with Crippen molar-refractivity contribution in [3.8, 4) is 11.5 Å². The zero-order chi connectivity index (χ0) is 24.5. The summed E-state index contributed by atoms with van der Waals surface area (Å²) in [5.41, 5.74) is 0.271. The second-order valence-corrected chi connectivity index (χ2v) is 13.8. The molecule has 5 heteroatoms. The van der Waals surface area contributed by atoms with Crippen molar-refractivity contribution in [2.75, 3.05) is 20.2 Å². The van der Waals surface area contributed by atoms with Crippen LogP contribution in [0.1, 0.15) is 78.4 Å². The summed E-state index contributed by atoms with van der Waals surface area (Å²) in [7, 11) is 1.78. The second kappa shape index (κ2) is 6.72. The molecule has 2 N–H and O–H groups in total. The van der Waals surface area contributed by atoms with Crippen LogP contribution >= 0.6 is 0 Å². The van der Waals surface area contributed by atoms with Crippen molar-refractivity contribution in [1.29, 1.82) is 0 Å². The highest BCUT2D eigenvalue weighted by atomic mass is 16.6. The van der Waals surface area contributed by atoms with Crippen molar-refractivity contribution in [2.45, 2.75) is 102 Å². The molecule has 2 saturated carbocycles. The van der Waals surface area contributed by atoms with E-state index in [0.717, 1.165) is 31.7 Å². The lowest BCUT2D eigenvalue weighted by Crippen LogP contribution is -2.79. The monoisotopic (exact) mass is 469 g/mol. The number of likely N-dealkylation sites (tertiary alicyclic amines) is 1. The van der Waals surface area contributed by atoms with Gasteiger partial charge in [0, 0.05) is 36.6 Å². The van der Waals surface area contributed by atoms with Gasteiger partial charge < -0.3 is 19.7 Å². The van der Waals surface area contributed by atoms with Crippen LogP contribution < -0.4 is 4.74 Å². The molecule has 5 aliphatic rings. The van der Waals surface area contributed by atoms with Crippen molar-refractivity contribution in [3.63, 3.8) is 0 Å². The Bertz CT molecular complexity index is 1030. The predicted molar refractivity (Wildman–Crippen MR) is 132 cm³/mol. The summed E-state index contributed by atoms with van der Waals surface area (Å²) in [4.78, 5) is 2.77. The molecule has 2 heterocycles. The van der Waals surface area contributed by atoms with E-state index in [-0.39, 0.29) is 34.0 Å². The van der Waals surface area contributed by atoms with Gasteiger partial charge in [-0.1, -0.05) is 33.8 Å². The third-order valence-electron chi connectivity index (χ3n) is 11.4. The number of hydrogen-bond donors (Lipinski definition) is 2. The van der Waals surface area contributed by atoms with E-state index in [9.17, 15) is 10.2 Å². The molecule has 1 saturated heterocycles. The summed E-state index contributed by atoms with van der Waals surface area (Å²) < 4.78 is 13.3. The van der Waals surface area contributed by atoms with Gasteiger partial charge in [-0.15, -0.1) is 0 Å². The van der Waals surface area contributed by atoms with Gasteiger partial charge in [-0.05, 0) is 80.9 Å².